The van der Waals surface area contributed by atoms with Gasteiger partial charge in [0.05, 0.1) is 0 Å². The van der Waals surface area contributed by atoms with E-state index in [2.05, 4.69) is 10.6 Å². The van der Waals surface area contributed by atoms with E-state index in [4.69, 9.17) is 5.73 Å². The van der Waals surface area contributed by atoms with Gasteiger partial charge < -0.3 is 11.1 Å². The number of hydrogen-bond acceptors (Lipinski definition) is 3. The van der Waals surface area contributed by atoms with Crippen molar-refractivity contribution in [1.29, 1.82) is 0 Å². The minimum absolute atomic E-state index is 0.217. The number of primary amides is 1. The van der Waals surface area contributed by atoms with E-state index in [9.17, 15) is 9.59 Å². The Balaban J connectivity index is 2.04. The quantitative estimate of drug-likeness (QED) is 0.750. The van der Waals surface area contributed by atoms with Crippen molar-refractivity contribution in [3.63, 3.8) is 0 Å². The minimum atomic E-state index is -1.55. The van der Waals surface area contributed by atoms with Crippen molar-refractivity contribution in [1.82, 2.24) is 5.32 Å². The summed E-state index contributed by atoms with van der Waals surface area (Å²) in [4.78, 5) is 24.6. The number of nitrogens with two attached hydrogens (primary N) is 1. The average molecular weight is 295 g/mol. The highest BCUT2D eigenvalue weighted by molar-refractivity contribution is 6.19. The maximum atomic E-state index is 12.5. The lowest BCUT2D eigenvalue weighted by molar-refractivity contribution is -0.134. The van der Waals surface area contributed by atoms with Crippen LogP contribution in [0.5, 0.6) is 0 Å². The molecule has 0 radical (unpaired) electrons. The van der Waals surface area contributed by atoms with Crippen LogP contribution in [0.4, 0.5) is 5.69 Å². The van der Waals surface area contributed by atoms with Crippen LogP contribution in [0.3, 0.4) is 0 Å². The zero-order valence-corrected chi connectivity index (χ0v) is 12.2. The number of hydrogen-bond donors (Lipinski definition) is 3. The van der Waals surface area contributed by atoms with Gasteiger partial charge in [-0.3, -0.25) is 14.9 Å². The molecule has 22 heavy (non-hydrogen) atoms. The normalized spacial score (nSPS) is 21.0. The number of rotatable bonds is 4. The van der Waals surface area contributed by atoms with E-state index >= 15 is 0 Å². The highest BCUT2D eigenvalue weighted by Gasteiger charge is 2.52. The maximum Gasteiger partial charge on any atom is 0.259 e. The lowest BCUT2D eigenvalue weighted by Crippen LogP contribution is -2.57. The zero-order chi connectivity index (χ0) is 15.7. The molecule has 0 saturated heterocycles. The Hall–Kier alpha value is -2.66. The van der Waals surface area contributed by atoms with Gasteiger partial charge in [0.2, 0.25) is 5.54 Å². The Morgan fingerprint density at radius 2 is 1.77 bits per heavy atom. The van der Waals surface area contributed by atoms with Crippen molar-refractivity contribution in [2.45, 2.75) is 18.5 Å². The molecule has 5 heteroatoms. The molecule has 1 aliphatic rings. The van der Waals surface area contributed by atoms with Crippen LogP contribution in [0.25, 0.3) is 0 Å². The number of fused-ring (bicyclic) bond motifs is 1. The van der Waals surface area contributed by atoms with Gasteiger partial charge in [0.25, 0.3) is 11.8 Å². The molecule has 0 spiro atoms. The lowest BCUT2D eigenvalue weighted by Gasteiger charge is -2.29. The summed E-state index contributed by atoms with van der Waals surface area (Å²) in [6.45, 7) is 1.90. The Kier molecular flexibility index (Phi) is 3.42. The number of nitrogens with one attached hydrogen (secondary N) is 2. The Morgan fingerprint density at radius 1 is 1.14 bits per heavy atom. The molecule has 5 nitrogen and oxygen atoms in total. The molecule has 4 N–H and O–H groups in total. The summed E-state index contributed by atoms with van der Waals surface area (Å²) in [5.41, 5.74) is 6.20. The first-order valence-electron chi connectivity index (χ1n) is 7.09. The van der Waals surface area contributed by atoms with Crippen LogP contribution in [0, 0.1) is 0 Å². The van der Waals surface area contributed by atoms with Gasteiger partial charge in [-0.2, -0.15) is 0 Å². The Labute approximate surface area is 128 Å². The van der Waals surface area contributed by atoms with E-state index in [-0.39, 0.29) is 6.04 Å². The van der Waals surface area contributed by atoms with Gasteiger partial charge in [-0.25, -0.2) is 0 Å². The second-order valence-corrected chi connectivity index (χ2v) is 5.39. The SMILES string of the molecule is C[C@H](N[C@]1(C(N)=O)C(=O)Nc2ccccc21)c1ccccc1. The Morgan fingerprint density at radius 3 is 2.45 bits per heavy atom. The predicted octanol–water partition coefficient (Wildman–Crippen LogP) is 1.67. The summed E-state index contributed by atoms with van der Waals surface area (Å²) in [5.74, 6) is -1.15. The fourth-order valence-corrected chi connectivity index (χ4v) is 2.87. The van der Waals surface area contributed by atoms with Crippen molar-refractivity contribution in [3.8, 4) is 0 Å². The molecular weight excluding hydrogens is 278 g/mol. The summed E-state index contributed by atoms with van der Waals surface area (Å²) < 4.78 is 0. The summed E-state index contributed by atoms with van der Waals surface area (Å²) in [7, 11) is 0. The van der Waals surface area contributed by atoms with Crippen molar-refractivity contribution in [2.24, 2.45) is 5.73 Å². The molecule has 2 aromatic carbocycles. The number of para-hydroxylation sites is 1. The van der Waals surface area contributed by atoms with Gasteiger partial charge in [-0.05, 0) is 18.6 Å². The summed E-state index contributed by atoms with van der Waals surface area (Å²) in [5, 5.41) is 5.85. The van der Waals surface area contributed by atoms with E-state index < -0.39 is 17.4 Å². The molecule has 2 aromatic rings. The molecule has 0 aliphatic carbocycles. The van der Waals surface area contributed by atoms with Gasteiger partial charge in [0.15, 0.2) is 0 Å². The molecule has 2 amide bonds. The van der Waals surface area contributed by atoms with Crippen molar-refractivity contribution < 1.29 is 9.59 Å². The van der Waals surface area contributed by atoms with Crippen molar-refractivity contribution in [3.05, 3.63) is 65.7 Å². The van der Waals surface area contributed by atoms with Gasteiger partial charge in [0.1, 0.15) is 0 Å². The van der Waals surface area contributed by atoms with Crippen LogP contribution in [-0.4, -0.2) is 11.8 Å². The number of benzene rings is 2. The number of carbonyl (C=O) groups is 2. The lowest BCUT2D eigenvalue weighted by atomic mass is 9.88. The summed E-state index contributed by atoms with van der Waals surface area (Å²) >= 11 is 0. The molecule has 0 saturated carbocycles. The zero-order valence-electron chi connectivity index (χ0n) is 12.2. The van der Waals surface area contributed by atoms with Crippen molar-refractivity contribution in [2.75, 3.05) is 5.32 Å². The van der Waals surface area contributed by atoms with E-state index in [1.165, 1.54) is 0 Å². The third-order valence-corrected chi connectivity index (χ3v) is 4.02. The van der Waals surface area contributed by atoms with E-state index in [0.717, 1.165) is 5.56 Å². The smallest absolute Gasteiger partial charge is 0.259 e. The number of amides is 2. The van der Waals surface area contributed by atoms with Crippen LogP contribution < -0.4 is 16.4 Å². The highest BCUT2D eigenvalue weighted by Crippen LogP contribution is 2.37. The second-order valence-electron chi connectivity index (χ2n) is 5.39. The van der Waals surface area contributed by atoms with Gasteiger partial charge in [-0.15, -0.1) is 0 Å². The largest absolute Gasteiger partial charge is 0.367 e. The first kappa shape index (κ1) is 14.3. The number of carbonyl (C=O) groups excluding carboxylic acids is 2. The molecule has 0 aromatic heterocycles. The molecular formula is C17H17N3O2. The van der Waals surface area contributed by atoms with Crippen molar-refractivity contribution >= 4 is 17.5 Å². The first-order chi connectivity index (χ1) is 10.6. The molecule has 1 aliphatic heterocycles. The molecule has 112 valence electrons. The molecule has 0 bridgehead atoms. The standard InChI is InChI=1S/C17H17N3O2/c1-11(12-7-3-2-4-8-12)20-17(15(18)21)13-9-5-6-10-14(13)19-16(17)22/h2-11,20H,1H3,(H2,18,21)(H,19,22)/t11-,17+/m0/s1. The van der Waals surface area contributed by atoms with E-state index in [0.29, 0.717) is 11.3 Å². The highest BCUT2D eigenvalue weighted by atomic mass is 16.2. The monoisotopic (exact) mass is 295 g/mol. The fraction of sp³-hybridized carbons (Fsp3) is 0.176. The van der Waals surface area contributed by atoms with Crippen LogP contribution >= 0.6 is 0 Å². The second kappa shape index (κ2) is 5.27. The third kappa shape index (κ3) is 2.07. The molecule has 3 rings (SSSR count). The molecule has 1 heterocycles. The van der Waals surface area contributed by atoms with Crippen LogP contribution in [0.2, 0.25) is 0 Å². The predicted molar refractivity (Wildman–Crippen MR) is 83.9 cm³/mol. The maximum absolute atomic E-state index is 12.5. The van der Waals surface area contributed by atoms with E-state index in [1.807, 2.05) is 37.3 Å². The van der Waals surface area contributed by atoms with Gasteiger partial charge >= 0.3 is 0 Å². The number of anilines is 1. The Bertz CT molecular complexity index is 730. The third-order valence-electron chi connectivity index (χ3n) is 4.02. The fourth-order valence-electron chi connectivity index (χ4n) is 2.87. The van der Waals surface area contributed by atoms with Crippen LogP contribution in [0.15, 0.2) is 54.6 Å². The van der Waals surface area contributed by atoms with Crippen LogP contribution in [-0.2, 0) is 15.1 Å². The summed E-state index contributed by atoms with van der Waals surface area (Å²) in [6.07, 6.45) is 0. The first-order valence-corrected chi connectivity index (χ1v) is 7.09. The molecule has 0 unspecified atom stereocenters. The van der Waals surface area contributed by atoms with Gasteiger partial charge in [0, 0.05) is 17.3 Å². The van der Waals surface area contributed by atoms with Crippen LogP contribution in [0.1, 0.15) is 24.1 Å². The van der Waals surface area contributed by atoms with Gasteiger partial charge in [-0.1, -0.05) is 48.5 Å². The topological polar surface area (TPSA) is 84.2 Å². The molecule has 2 atom stereocenters. The summed E-state index contributed by atoms with van der Waals surface area (Å²) in [6, 6.07) is 16.5. The van der Waals surface area contributed by atoms with E-state index in [1.54, 1.807) is 24.3 Å². The minimum Gasteiger partial charge on any atom is -0.367 e. The average Bonchev–Trinajstić information content (AvgIpc) is 2.81. The molecule has 0 fully saturated rings.